The van der Waals surface area contributed by atoms with Crippen LogP contribution in [-0.4, -0.2) is 34.4 Å². The maximum atomic E-state index is 10.9. The molecule has 0 aliphatic carbocycles. The second kappa shape index (κ2) is 8.14. The third-order valence-corrected chi connectivity index (χ3v) is 5.61. The summed E-state index contributed by atoms with van der Waals surface area (Å²) >= 11 is 5.60. The Labute approximate surface area is 174 Å². The number of nitrogens with one attached hydrogen (secondary N) is 1. The molecule has 1 unspecified atom stereocenters. The van der Waals surface area contributed by atoms with Crippen LogP contribution in [0.5, 0.6) is 0 Å². The lowest BCUT2D eigenvalue weighted by molar-refractivity contribution is -0.420. The van der Waals surface area contributed by atoms with E-state index in [0.717, 1.165) is 22.6 Å². The van der Waals surface area contributed by atoms with Crippen LogP contribution in [0.25, 0.3) is 10.9 Å². The monoisotopic (exact) mass is 415 g/mol. The Balaban J connectivity index is 1.68. The number of aliphatic imine (C=N–C) groups is 1. The van der Waals surface area contributed by atoms with E-state index >= 15 is 0 Å². The summed E-state index contributed by atoms with van der Waals surface area (Å²) in [5, 5.41) is 11.8. The molecule has 29 heavy (non-hydrogen) atoms. The largest absolute Gasteiger partial charge is 0.494 e. The van der Waals surface area contributed by atoms with E-state index in [-0.39, 0.29) is 10.7 Å². The Kier molecular flexibility index (Phi) is 5.98. The minimum atomic E-state index is -0.614. The first-order valence-corrected chi connectivity index (χ1v) is 9.64. The fraction of sp³-hybridized carbons (Fsp3) is 0.350. The minimum absolute atomic E-state index is 0.158. The van der Waals surface area contributed by atoms with Crippen molar-refractivity contribution in [2.75, 3.05) is 0 Å². The predicted octanol–water partition coefficient (Wildman–Crippen LogP) is 4.17. The average molecular weight is 416 g/mol. The lowest BCUT2D eigenvalue weighted by Crippen LogP contribution is -2.44. The van der Waals surface area contributed by atoms with Gasteiger partial charge in [0.1, 0.15) is 11.2 Å². The summed E-state index contributed by atoms with van der Waals surface area (Å²) in [6.07, 6.45) is 5.79. The van der Waals surface area contributed by atoms with Gasteiger partial charge in [0.05, 0.1) is 16.1 Å². The van der Waals surface area contributed by atoms with Crippen LogP contribution < -0.4 is 5.46 Å². The molecule has 0 saturated carbocycles. The van der Waals surface area contributed by atoms with Gasteiger partial charge in [0.25, 0.3) is 0 Å². The number of hydrogen-bond acceptors (Lipinski definition) is 5. The van der Waals surface area contributed by atoms with Gasteiger partial charge in [-0.05, 0) is 56.6 Å². The minimum Gasteiger partial charge on any atom is -0.399 e. The van der Waals surface area contributed by atoms with Crippen molar-refractivity contribution < 1.29 is 14.2 Å². The Morgan fingerprint density at radius 2 is 2.14 bits per heavy atom. The molecule has 152 valence electrons. The van der Waals surface area contributed by atoms with Crippen molar-refractivity contribution in [3.63, 3.8) is 0 Å². The zero-order valence-corrected chi connectivity index (χ0v) is 17.4. The van der Waals surface area contributed by atoms with Crippen molar-refractivity contribution in [3.05, 3.63) is 64.1 Å². The summed E-state index contributed by atoms with van der Waals surface area (Å²) < 4.78 is 12.5. The van der Waals surface area contributed by atoms with E-state index in [0.29, 0.717) is 12.8 Å². The lowest BCUT2D eigenvalue weighted by atomic mass is 9.79. The highest BCUT2D eigenvalue weighted by Gasteiger charge is 2.54. The molecular formula is C20H23BClN3O4. The molecule has 1 aliphatic heterocycles. The van der Waals surface area contributed by atoms with Crippen molar-refractivity contribution >= 4 is 41.3 Å². The maximum Gasteiger partial charge on any atom is 0.494 e. The summed E-state index contributed by atoms with van der Waals surface area (Å²) in [4.78, 5) is 17.4. The molecule has 9 heteroatoms. The van der Waals surface area contributed by atoms with Crippen LogP contribution in [0, 0.1) is 10.1 Å². The number of rotatable bonds is 7. The smallest absolute Gasteiger partial charge is 0.399 e. The third-order valence-electron chi connectivity index (χ3n) is 5.42. The molecule has 2 aromatic rings. The van der Waals surface area contributed by atoms with Crippen LogP contribution in [0.2, 0.25) is 0 Å². The Hall–Kier alpha value is -2.42. The molecule has 0 amide bonds. The van der Waals surface area contributed by atoms with Gasteiger partial charge in [-0.3, -0.25) is 15.1 Å². The summed E-state index contributed by atoms with van der Waals surface area (Å²) in [5.41, 5.74) is 0.574. The van der Waals surface area contributed by atoms with Crippen molar-refractivity contribution in [1.29, 1.82) is 0 Å². The van der Waals surface area contributed by atoms with Gasteiger partial charge in [-0.15, -0.1) is 0 Å². The fourth-order valence-corrected chi connectivity index (χ4v) is 3.37. The molecule has 1 fully saturated rings. The number of nitro groups is 1. The van der Waals surface area contributed by atoms with E-state index in [1.165, 1.54) is 0 Å². The Morgan fingerprint density at radius 1 is 1.38 bits per heavy atom. The predicted molar refractivity (Wildman–Crippen MR) is 116 cm³/mol. The third kappa shape index (κ3) is 4.44. The summed E-state index contributed by atoms with van der Waals surface area (Å²) in [7, 11) is -0.472. The number of H-pyrrole nitrogens is 1. The van der Waals surface area contributed by atoms with Gasteiger partial charge < -0.3 is 14.3 Å². The zero-order chi connectivity index (χ0) is 21.2. The summed E-state index contributed by atoms with van der Waals surface area (Å²) in [6.45, 7) is 9.37. The van der Waals surface area contributed by atoms with E-state index in [1.54, 1.807) is 6.21 Å². The molecule has 1 aromatic heterocycles. The van der Waals surface area contributed by atoms with Gasteiger partial charge in [0.15, 0.2) is 0 Å². The van der Waals surface area contributed by atoms with E-state index in [9.17, 15) is 10.1 Å². The quantitative estimate of drug-likeness (QED) is 0.242. The molecule has 0 bridgehead atoms. The normalized spacial score (nSPS) is 21.9. The first-order valence-electron chi connectivity index (χ1n) is 9.27. The molecule has 0 spiro atoms. The zero-order valence-electron chi connectivity index (χ0n) is 16.6. The van der Waals surface area contributed by atoms with E-state index in [4.69, 9.17) is 20.9 Å². The number of nitrogens with zero attached hydrogens (tertiary/aromatic N) is 2. The van der Waals surface area contributed by atoms with Crippen LogP contribution >= 0.6 is 11.6 Å². The van der Waals surface area contributed by atoms with E-state index in [2.05, 4.69) is 16.6 Å². The SMILES string of the molecule is C=C(Cl)/C(=C\N=CCCC1(C)OB(c2ccc3cc[nH]c3c2)OC1(C)C)[N+](=O)[O-]. The Bertz CT molecular complexity index is 985. The molecule has 1 N–H and O–H groups in total. The summed E-state index contributed by atoms with van der Waals surface area (Å²) in [6, 6.07) is 8.09. The van der Waals surface area contributed by atoms with Gasteiger partial charge in [-0.1, -0.05) is 30.3 Å². The number of fused-ring (bicyclic) bond motifs is 1. The van der Waals surface area contributed by atoms with Gasteiger partial charge in [0.2, 0.25) is 0 Å². The van der Waals surface area contributed by atoms with E-state index < -0.39 is 23.2 Å². The highest BCUT2D eigenvalue weighted by molar-refractivity contribution is 6.62. The van der Waals surface area contributed by atoms with Crippen LogP contribution in [0.15, 0.2) is 59.0 Å². The first kappa shape index (κ1) is 21.3. The number of aromatic amines is 1. The van der Waals surface area contributed by atoms with Gasteiger partial charge in [-0.25, -0.2) is 0 Å². The maximum absolute atomic E-state index is 10.9. The van der Waals surface area contributed by atoms with Crippen molar-refractivity contribution in [2.45, 2.75) is 44.8 Å². The fourth-order valence-electron chi connectivity index (χ4n) is 3.26. The van der Waals surface area contributed by atoms with E-state index in [1.807, 2.05) is 51.2 Å². The number of halogens is 1. The summed E-state index contributed by atoms with van der Waals surface area (Å²) in [5.74, 6) is 0. The van der Waals surface area contributed by atoms with Crippen molar-refractivity contribution in [3.8, 4) is 0 Å². The van der Waals surface area contributed by atoms with Gasteiger partial charge in [0, 0.05) is 17.9 Å². The molecule has 0 radical (unpaired) electrons. The molecule has 1 aromatic carbocycles. The number of benzene rings is 1. The molecule has 1 atom stereocenters. The van der Waals surface area contributed by atoms with Crippen molar-refractivity contribution in [1.82, 2.24) is 4.98 Å². The highest BCUT2D eigenvalue weighted by Crippen LogP contribution is 2.40. The Morgan fingerprint density at radius 3 is 2.83 bits per heavy atom. The molecular weight excluding hydrogens is 393 g/mol. The molecule has 1 saturated heterocycles. The molecule has 1 aliphatic rings. The molecule has 2 heterocycles. The van der Waals surface area contributed by atoms with Crippen LogP contribution in [0.4, 0.5) is 0 Å². The second-order valence-corrected chi connectivity index (χ2v) is 8.14. The average Bonchev–Trinajstić information content (AvgIpc) is 3.19. The standard InChI is InChI=1S/C20H23BClN3O4/c1-14(22)18(25(26)27)13-23-10-5-9-20(4)19(2,3)28-21(29-20)16-7-6-15-8-11-24-17(15)12-16/h6-8,10-13,24H,1,5,9H2,2-4H3/b18-13+,23-10?. The topological polar surface area (TPSA) is 89.8 Å². The second-order valence-electron chi connectivity index (χ2n) is 7.68. The molecule has 3 rings (SSSR count). The lowest BCUT2D eigenvalue weighted by Gasteiger charge is -2.36. The number of hydrogen-bond donors (Lipinski definition) is 1. The molecule has 7 nitrogen and oxygen atoms in total. The van der Waals surface area contributed by atoms with Gasteiger partial charge in [-0.2, -0.15) is 0 Å². The number of allylic oxidation sites excluding steroid dienone is 1. The van der Waals surface area contributed by atoms with Crippen LogP contribution in [0.1, 0.15) is 33.6 Å². The first-order chi connectivity index (χ1) is 13.6. The van der Waals surface area contributed by atoms with Gasteiger partial charge >= 0.3 is 12.8 Å². The highest BCUT2D eigenvalue weighted by atomic mass is 35.5. The van der Waals surface area contributed by atoms with Crippen LogP contribution in [-0.2, 0) is 9.31 Å². The van der Waals surface area contributed by atoms with Crippen molar-refractivity contribution in [2.24, 2.45) is 4.99 Å². The number of aromatic nitrogens is 1. The van der Waals surface area contributed by atoms with Crippen LogP contribution in [0.3, 0.4) is 0 Å².